The third kappa shape index (κ3) is 8.24. The molecule has 0 saturated heterocycles. The molecule has 0 aliphatic carbocycles. The first kappa shape index (κ1) is 13.9. The summed E-state index contributed by atoms with van der Waals surface area (Å²) in [6.07, 6.45) is 0. The molecule has 0 aromatic carbocycles. The average molecular weight is 191 g/mol. The molecule has 8 heteroatoms. The predicted octanol–water partition coefficient (Wildman–Crippen LogP) is -6.04. The molecule has 0 unspecified atom stereocenters. The van der Waals surface area contributed by atoms with Gasteiger partial charge in [-0.2, -0.15) is 8.42 Å². The molecule has 0 aromatic rings. The Morgan fingerprint density at radius 3 is 2.09 bits per heavy atom. The van der Waals surface area contributed by atoms with Crippen LogP contribution in [0.2, 0.25) is 0 Å². The fourth-order valence-electron chi connectivity index (χ4n) is 0.295. The Morgan fingerprint density at radius 2 is 2.00 bits per heavy atom. The van der Waals surface area contributed by atoms with Crippen LogP contribution in [0, 0.1) is 0 Å². The van der Waals surface area contributed by atoms with E-state index in [-0.39, 0.29) is 29.6 Å². The summed E-state index contributed by atoms with van der Waals surface area (Å²) in [5, 5.41) is 9.77. The van der Waals surface area contributed by atoms with E-state index in [2.05, 4.69) is 0 Å². The molecule has 1 atom stereocenters. The summed E-state index contributed by atoms with van der Waals surface area (Å²) < 4.78 is 27.9. The third-order valence-corrected chi connectivity index (χ3v) is 1.47. The van der Waals surface area contributed by atoms with Crippen LogP contribution in [-0.4, -0.2) is 30.7 Å². The number of carbonyl (C=O) groups is 1. The Kier molecular flexibility index (Phi) is 6.40. The van der Waals surface area contributed by atoms with Crippen LogP contribution in [-0.2, 0) is 14.9 Å². The third-order valence-electron chi connectivity index (χ3n) is 0.693. The van der Waals surface area contributed by atoms with Crippen molar-refractivity contribution in [3.63, 3.8) is 0 Å². The Bertz CT molecular complexity index is 224. The molecule has 0 radical (unpaired) electrons. The molecule has 3 N–H and O–H groups in total. The molecular formula is C3H6NNaO5S. The predicted molar refractivity (Wildman–Crippen MR) is 29.4 cm³/mol. The molecule has 0 aliphatic heterocycles. The van der Waals surface area contributed by atoms with Gasteiger partial charge in [0.05, 0.1) is 17.8 Å². The van der Waals surface area contributed by atoms with Crippen LogP contribution >= 0.6 is 0 Å². The summed E-state index contributed by atoms with van der Waals surface area (Å²) in [5.41, 5.74) is 4.70. The molecule has 0 bridgehead atoms. The molecule has 11 heavy (non-hydrogen) atoms. The van der Waals surface area contributed by atoms with Gasteiger partial charge in [-0.25, -0.2) is 0 Å². The van der Waals surface area contributed by atoms with Crippen LogP contribution in [0.25, 0.3) is 0 Å². The maximum absolute atomic E-state index is 9.93. The monoisotopic (exact) mass is 191 g/mol. The molecular weight excluding hydrogens is 185 g/mol. The normalized spacial score (nSPS) is 13.3. The van der Waals surface area contributed by atoms with E-state index in [1.165, 1.54) is 0 Å². The van der Waals surface area contributed by atoms with E-state index < -0.39 is 27.9 Å². The first-order valence-electron chi connectivity index (χ1n) is 2.24. The summed E-state index contributed by atoms with van der Waals surface area (Å²) in [4.78, 5) is 9.77. The number of hydrogen-bond acceptors (Lipinski definition) is 5. The number of carbonyl (C=O) groups excluding carboxylic acids is 1. The van der Waals surface area contributed by atoms with Crippen molar-refractivity contribution in [1.29, 1.82) is 0 Å². The van der Waals surface area contributed by atoms with Gasteiger partial charge in [-0.1, -0.05) is 0 Å². The minimum Gasteiger partial charge on any atom is -0.548 e. The Morgan fingerprint density at radius 1 is 1.64 bits per heavy atom. The van der Waals surface area contributed by atoms with Gasteiger partial charge in [0.1, 0.15) is 0 Å². The van der Waals surface area contributed by atoms with E-state index >= 15 is 0 Å². The topological polar surface area (TPSA) is 121 Å². The van der Waals surface area contributed by atoms with Crippen LogP contribution < -0.4 is 40.4 Å². The van der Waals surface area contributed by atoms with E-state index in [1.54, 1.807) is 0 Å². The molecule has 0 heterocycles. The van der Waals surface area contributed by atoms with E-state index in [0.29, 0.717) is 0 Å². The smallest absolute Gasteiger partial charge is 0.548 e. The summed E-state index contributed by atoms with van der Waals surface area (Å²) in [6, 6.07) is -1.67. The molecule has 0 spiro atoms. The first-order chi connectivity index (χ1) is 4.33. The van der Waals surface area contributed by atoms with Gasteiger partial charge in [0.2, 0.25) is 0 Å². The molecule has 0 aliphatic rings. The average Bonchev–Trinajstić information content (AvgIpc) is 1.60. The van der Waals surface area contributed by atoms with Crippen molar-refractivity contribution in [1.82, 2.24) is 0 Å². The molecule has 60 valence electrons. The van der Waals surface area contributed by atoms with Gasteiger partial charge in [-0.15, -0.1) is 0 Å². The molecule has 0 amide bonds. The van der Waals surface area contributed by atoms with Crippen molar-refractivity contribution in [2.75, 3.05) is 5.75 Å². The van der Waals surface area contributed by atoms with E-state index in [1.807, 2.05) is 0 Å². The van der Waals surface area contributed by atoms with Crippen molar-refractivity contribution in [3.05, 3.63) is 0 Å². The number of rotatable bonds is 3. The van der Waals surface area contributed by atoms with Crippen LogP contribution in [0.5, 0.6) is 0 Å². The second-order valence-corrected chi connectivity index (χ2v) is 3.17. The van der Waals surface area contributed by atoms with E-state index in [4.69, 9.17) is 10.3 Å². The number of aliphatic carboxylic acids is 1. The van der Waals surface area contributed by atoms with E-state index in [9.17, 15) is 18.3 Å². The van der Waals surface area contributed by atoms with Crippen molar-refractivity contribution in [2.24, 2.45) is 5.73 Å². The zero-order valence-corrected chi connectivity index (χ0v) is 8.67. The van der Waals surface area contributed by atoms with Crippen molar-refractivity contribution < 1.29 is 52.4 Å². The second-order valence-electron chi connectivity index (χ2n) is 1.67. The van der Waals surface area contributed by atoms with Crippen LogP contribution in [0.3, 0.4) is 0 Å². The first-order valence-corrected chi connectivity index (χ1v) is 3.85. The van der Waals surface area contributed by atoms with Gasteiger partial charge in [0, 0.05) is 0 Å². The molecule has 0 fully saturated rings. The second kappa shape index (κ2) is 5.07. The van der Waals surface area contributed by atoms with Crippen LogP contribution in [0.1, 0.15) is 0 Å². The Labute approximate surface area is 85.8 Å². The van der Waals surface area contributed by atoms with Gasteiger partial charge >= 0.3 is 29.6 Å². The molecule has 6 nitrogen and oxygen atoms in total. The zero-order chi connectivity index (χ0) is 8.36. The quantitative estimate of drug-likeness (QED) is 0.338. The Balaban J connectivity index is 0. The molecule has 0 aromatic heterocycles. The van der Waals surface area contributed by atoms with Crippen LogP contribution in [0.4, 0.5) is 0 Å². The minimum atomic E-state index is -4.31. The molecule has 0 saturated carbocycles. The minimum absolute atomic E-state index is 0. The van der Waals surface area contributed by atoms with E-state index in [0.717, 1.165) is 0 Å². The van der Waals surface area contributed by atoms with Gasteiger partial charge in [-0.3, -0.25) is 4.55 Å². The summed E-state index contributed by atoms with van der Waals surface area (Å²) in [7, 11) is -4.31. The number of nitrogens with two attached hydrogens (primary N) is 1. The zero-order valence-electron chi connectivity index (χ0n) is 5.85. The maximum atomic E-state index is 9.93. The number of carboxylic acids is 1. The Hall–Kier alpha value is 0.340. The fourth-order valence-corrected chi connectivity index (χ4v) is 0.885. The van der Waals surface area contributed by atoms with Gasteiger partial charge in [-0.05, 0) is 0 Å². The summed E-state index contributed by atoms with van der Waals surface area (Å²) >= 11 is 0. The standard InChI is InChI=1S/C3H7NO5S.Na/c4-2(3(5)6)1-10(7,8)9;/h2H,1,4H2,(H,5,6)(H,7,8,9);/q;+1/p-1/t2-;/m1./s1. The number of hydrogen-bond donors (Lipinski definition) is 2. The largest absolute Gasteiger partial charge is 1.00 e. The van der Waals surface area contributed by atoms with Gasteiger partial charge < -0.3 is 15.6 Å². The summed E-state index contributed by atoms with van der Waals surface area (Å²) in [5.74, 6) is -2.73. The maximum Gasteiger partial charge on any atom is 1.00 e. The van der Waals surface area contributed by atoms with Gasteiger partial charge in [0.25, 0.3) is 10.1 Å². The number of carboxylic acid groups (broad SMARTS) is 1. The summed E-state index contributed by atoms with van der Waals surface area (Å²) in [6.45, 7) is 0. The van der Waals surface area contributed by atoms with Crippen molar-refractivity contribution in [2.45, 2.75) is 6.04 Å². The van der Waals surface area contributed by atoms with Gasteiger partial charge in [0.15, 0.2) is 0 Å². The molecule has 0 rings (SSSR count). The SMILES string of the molecule is N[C@H](CS(=O)(=O)O)C(=O)[O-].[Na+]. The van der Waals surface area contributed by atoms with Crippen molar-refractivity contribution in [3.8, 4) is 0 Å². The van der Waals surface area contributed by atoms with Crippen molar-refractivity contribution >= 4 is 16.1 Å². The van der Waals surface area contributed by atoms with Crippen LogP contribution in [0.15, 0.2) is 0 Å². The fraction of sp³-hybridized carbons (Fsp3) is 0.667.